The van der Waals surface area contributed by atoms with Crippen molar-refractivity contribution in [2.75, 3.05) is 27.4 Å². The Kier molecular flexibility index (Phi) is 15.5. The van der Waals surface area contributed by atoms with Crippen molar-refractivity contribution in [2.45, 2.75) is 83.3 Å². The minimum absolute atomic E-state index is 0.0155. The molecule has 0 saturated carbocycles. The Morgan fingerprint density at radius 1 is 0.808 bits per heavy atom. The van der Waals surface area contributed by atoms with E-state index in [2.05, 4.69) is 90.4 Å². The molecule has 8 aromatic rings. The highest BCUT2D eigenvalue weighted by Crippen LogP contribution is 2.52. The van der Waals surface area contributed by atoms with Crippen LogP contribution in [0, 0.1) is 18.4 Å². The maximum Gasteiger partial charge on any atom is 0.330 e. The van der Waals surface area contributed by atoms with Crippen LogP contribution >= 0.6 is 8.53 Å². The van der Waals surface area contributed by atoms with Crippen molar-refractivity contribution >= 4 is 46.6 Å². The van der Waals surface area contributed by atoms with Gasteiger partial charge in [0.15, 0.2) is 12.1 Å². The Bertz CT molecular complexity index is 3330. The van der Waals surface area contributed by atoms with E-state index in [9.17, 15) is 14.4 Å². The number of methoxy groups -OCH3 is 2. The summed E-state index contributed by atoms with van der Waals surface area (Å²) in [5.74, 6) is 7.17. The average molecular weight is 997 g/mol. The Morgan fingerprint density at radius 3 is 1.96 bits per heavy atom. The van der Waals surface area contributed by atoms with Crippen LogP contribution in [0.25, 0.3) is 37.2 Å². The summed E-state index contributed by atoms with van der Waals surface area (Å²) >= 11 is 0. The molecule has 4 atom stereocenters. The summed E-state index contributed by atoms with van der Waals surface area (Å²) in [7, 11) is 1.39. The van der Waals surface area contributed by atoms with Gasteiger partial charge in [0.25, 0.3) is 14.1 Å². The van der Waals surface area contributed by atoms with E-state index in [1.54, 1.807) is 14.2 Å². The van der Waals surface area contributed by atoms with E-state index in [1.807, 2.05) is 97.1 Å². The van der Waals surface area contributed by atoms with E-state index in [0.29, 0.717) is 17.1 Å². The standard InChI is InChI=1S/C59H57N4O9P/c1-38(2)63(39(3)4)73(69-33-32-60-5)72-52-36-53(70-57(52)71-59(46-17-9-8-10-18-46,47-24-28-49(67-6)29-25-47)48-26-30-50(68-7)31-27-48)62-37-44(56(65)61-58(62)66)14-11-12-19-51(64)45-34-42-22-20-40-15-13-16-41-21-23-43(35-45)55(42)54(40)41/h8-10,13,15-18,20-31,34-35,37-39,52-53,57H,12,19,32-33,36H2,1-4,6-7H3,(H,61,65,66)/t52-,53-,57+,73?/m1/s1. The fourth-order valence-corrected chi connectivity index (χ4v) is 11.5. The van der Waals surface area contributed by atoms with Gasteiger partial charge in [0.1, 0.15) is 41.6 Å². The van der Waals surface area contributed by atoms with E-state index >= 15 is 0 Å². The van der Waals surface area contributed by atoms with Gasteiger partial charge in [-0.1, -0.05) is 109 Å². The first-order valence-electron chi connectivity index (χ1n) is 24.4. The molecule has 9 rings (SSSR count). The lowest BCUT2D eigenvalue weighted by Gasteiger charge is -2.40. The number of rotatable bonds is 19. The van der Waals surface area contributed by atoms with Crippen LogP contribution in [0.2, 0.25) is 0 Å². The quantitative estimate of drug-likeness (QED) is 0.0159. The highest BCUT2D eigenvalue weighted by Gasteiger charge is 2.49. The van der Waals surface area contributed by atoms with Crippen LogP contribution < -0.4 is 20.7 Å². The molecule has 372 valence electrons. The molecule has 2 heterocycles. The molecular weight excluding hydrogens is 940 g/mol. The molecule has 1 N–H and O–H groups in total. The van der Waals surface area contributed by atoms with Gasteiger partial charge in [-0.05, 0) is 113 Å². The van der Waals surface area contributed by atoms with Gasteiger partial charge in [0, 0.05) is 43.1 Å². The average Bonchev–Trinajstić information content (AvgIpc) is 3.79. The Labute approximate surface area is 425 Å². The second kappa shape index (κ2) is 22.3. The predicted molar refractivity (Wildman–Crippen MR) is 285 cm³/mol. The topological polar surface area (TPSA) is 135 Å². The Morgan fingerprint density at radius 2 is 1.38 bits per heavy atom. The normalized spacial score (nSPS) is 16.3. The number of ketones is 1. The van der Waals surface area contributed by atoms with Crippen LogP contribution in [0.1, 0.15) is 85.8 Å². The molecule has 1 fully saturated rings. The van der Waals surface area contributed by atoms with Crippen molar-refractivity contribution in [3.8, 4) is 23.3 Å². The SMILES string of the molecule is [C-]#[N+]CCOP(O[C@@H]1C[C@H](n2cc(C#CCCC(=O)c3cc4ccc5cccc6ccc(c3)c4c56)c(=O)[nH]c2=O)O[C@H]1OC(c1ccccc1)(c1ccc(OC)cc1)c1ccc(OC)cc1)N(C(C)C)C(C)C. The Balaban J connectivity index is 1.06. The summed E-state index contributed by atoms with van der Waals surface area (Å²) in [6.45, 7) is 15.9. The number of benzene rings is 7. The van der Waals surface area contributed by atoms with Gasteiger partial charge in [-0.3, -0.25) is 19.1 Å². The van der Waals surface area contributed by atoms with Gasteiger partial charge in [0.2, 0.25) is 6.54 Å². The van der Waals surface area contributed by atoms with E-state index in [0.717, 1.165) is 43.6 Å². The number of carbonyl (C=O) groups is 1. The van der Waals surface area contributed by atoms with Gasteiger partial charge in [0.05, 0.1) is 14.2 Å². The number of carbonyl (C=O) groups excluding carboxylic acids is 1. The second-order valence-corrected chi connectivity index (χ2v) is 19.8. The van der Waals surface area contributed by atoms with Crippen molar-refractivity contribution < 1.29 is 32.8 Å². The van der Waals surface area contributed by atoms with E-state index in [4.69, 9.17) is 34.6 Å². The molecule has 0 radical (unpaired) electrons. The van der Waals surface area contributed by atoms with Crippen molar-refractivity contribution in [3.05, 3.63) is 200 Å². The number of nitrogens with zero attached hydrogens (tertiary/aromatic N) is 3. The lowest BCUT2D eigenvalue weighted by atomic mass is 9.80. The van der Waals surface area contributed by atoms with Crippen LogP contribution in [0.3, 0.4) is 0 Å². The fourth-order valence-electron chi connectivity index (χ4n) is 9.77. The third-order valence-electron chi connectivity index (χ3n) is 13.1. The number of hydrogen-bond acceptors (Lipinski definition) is 10. The molecular formula is C59H57N4O9P. The zero-order valence-electron chi connectivity index (χ0n) is 41.7. The first-order chi connectivity index (χ1) is 35.4. The highest BCUT2D eigenvalue weighted by molar-refractivity contribution is 7.44. The molecule has 7 aromatic carbocycles. The molecule has 0 aliphatic carbocycles. The summed E-state index contributed by atoms with van der Waals surface area (Å²) in [5.41, 5.74) is 0.126. The van der Waals surface area contributed by atoms with Crippen molar-refractivity contribution in [3.63, 3.8) is 0 Å². The monoisotopic (exact) mass is 996 g/mol. The van der Waals surface area contributed by atoms with Crippen LogP contribution in [-0.4, -0.2) is 71.9 Å². The lowest BCUT2D eigenvalue weighted by molar-refractivity contribution is -0.214. The van der Waals surface area contributed by atoms with E-state index in [-0.39, 0.29) is 55.8 Å². The summed E-state index contributed by atoms with van der Waals surface area (Å²) in [4.78, 5) is 46.9. The minimum Gasteiger partial charge on any atom is -0.497 e. The molecule has 1 aliphatic heterocycles. The molecule has 1 aromatic heterocycles. The third-order valence-corrected chi connectivity index (χ3v) is 15.3. The summed E-state index contributed by atoms with van der Waals surface area (Å²) in [6.07, 6.45) is -1.30. The first kappa shape index (κ1) is 50.7. The largest absolute Gasteiger partial charge is 0.497 e. The summed E-state index contributed by atoms with van der Waals surface area (Å²) in [5, 5.41) is 6.60. The molecule has 14 heteroatoms. The zero-order chi connectivity index (χ0) is 51.2. The third kappa shape index (κ3) is 10.5. The minimum atomic E-state index is -1.83. The zero-order valence-corrected chi connectivity index (χ0v) is 42.6. The summed E-state index contributed by atoms with van der Waals surface area (Å²) in [6, 6.07) is 43.3. The van der Waals surface area contributed by atoms with Gasteiger partial charge < -0.3 is 32.8 Å². The number of H-pyrrole nitrogens is 1. The number of Topliss-reactive ketones (excluding diaryl/α,β-unsaturated/α-hetero) is 1. The van der Waals surface area contributed by atoms with Crippen molar-refractivity contribution in [1.29, 1.82) is 0 Å². The first-order valence-corrected chi connectivity index (χ1v) is 25.5. The van der Waals surface area contributed by atoms with Crippen LogP contribution in [0.15, 0.2) is 149 Å². The van der Waals surface area contributed by atoms with Gasteiger partial charge in [-0.2, -0.15) is 0 Å². The summed E-state index contributed by atoms with van der Waals surface area (Å²) < 4.78 is 42.4. The van der Waals surface area contributed by atoms with E-state index in [1.165, 1.54) is 16.2 Å². The maximum absolute atomic E-state index is 13.9. The molecule has 13 nitrogen and oxygen atoms in total. The van der Waals surface area contributed by atoms with Crippen molar-refractivity contribution in [2.24, 2.45) is 0 Å². The molecule has 1 unspecified atom stereocenters. The van der Waals surface area contributed by atoms with Gasteiger partial charge in [-0.15, -0.1) is 0 Å². The number of nitrogens with one attached hydrogen (secondary N) is 1. The molecule has 0 spiro atoms. The van der Waals surface area contributed by atoms with Crippen molar-refractivity contribution in [1.82, 2.24) is 14.2 Å². The fraction of sp³-hybridized carbons (Fsp3) is 0.288. The second-order valence-electron chi connectivity index (χ2n) is 18.4. The number of ether oxygens (including phenoxy) is 4. The van der Waals surface area contributed by atoms with Crippen LogP contribution in [0.5, 0.6) is 11.5 Å². The molecule has 0 amide bonds. The molecule has 1 saturated heterocycles. The lowest BCUT2D eigenvalue weighted by Crippen LogP contribution is -2.42. The van der Waals surface area contributed by atoms with Gasteiger partial charge >= 0.3 is 5.69 Å². The number of aromatic amines is 1. The van der Waals surface area contributed by atoms with Crippen LogP contribution in [-0.2, 0) is 24.1 Å². The Hall–Kier alpha value is -7.19. The highest BCUT2D eigenvalue weighted by atomic mass is 31.2. The molecule has 0 bridgehead atoms. The number of aromatic nitrogens is 2. The number of hydrogen-bond donors (Lipinski definition) is 1. The maximum atomic E-state index is 13.9. The van der Waals surface area contributed by atoms with Gasteiger partial charge in [-0.25, -0.2) is 16.0 Å². The molecule has 73 heavy (non-hydrogen) atoms. The smallest absolute Gasteiger partial charge is 0.330 e. The molecule has 1 aliphatic rings. The van der Waals surface area contributed by atoms with Crippen LogP contribution in [0.4, 0.5) is 0 Å². The van der Waals surface area contributed by atoms with E-state index < -0.39 is 44.0 Å². The predicted octanol–water partition coefficient (Wildman–Crippen LogP) is 11.4.